The van der Waals surface area contributed by atoms with E-state index in [1.54, 1.807) is 13.1 Å². The lowest BCUT2D eigenvalue weighted by Gasteiger charge is -2.05. The molecule has 2 aromatic heterocycles. The molecule has 2 rings (SSSR count). The Labute approximate surface area is 104 Å². The SMILES string of the molecule is CNc1ncc(S(=O)(=O)Nc2ncccn2)cn1. The average molecular weight is 266 g/mol. The summed E-state index contributed by atoms with van der Waals surface area (Å²) in [4.78, 5) is 15.1. The summed E-state index contributed by atoms with van der Waals surface area (Å²) in [5.41, 5.74) is 0. The normalized spacial score (nSPS) is 10.9. The van der Waals surface area contributed by atoms with Gasteiger partial charge >= 0.3 is 0 Å². The first-order valence-corrected chi connectivity index (χ1v) is 6.40. The Balaban J connectivity index is 2.25. The summed E-state index contributed by atoms with van der Waals surface area (Å²) in [7, 11) is -2.13. The lowest BCUT2D eigenvalue weighted by Crippen LogP contribution is -2.15. The van der Waals surface area contributed by atoms with Gasteiger partial charge in [0, 0.05) is 19.4 Å². The van der Waals surface area contributed by atoms with Gasteiger partial charge in [0.2, 0.25) is 11.9 Å². The van der Waals surface area contributed by atoms with Crippen LogP contribution in [0.5, 0.6) is 0 Å². The third-order valence-corrected chi connectivity index (χ3v) is 3.24. The summed E-state index contributed by atoms with van der Waals surface area (Å²) in [6.07, 6.45) is 5.27. The Kier molecular flexibility index (Phi) is 3.33. The Hall–Kier alpha value is -2.29. The van der Waals surface area contributed by atoms with E-state index in [4.69, 9.17) is 0 Å². The number of hydrogen-bond acceptors (Lipinski definition) is 7. The Morgan fingerprint density at radius 1 is 1.00 bits per heavy atom. The quantitative estimate of drug-likeness (QED) is 0.808. The molecule has 2 N–H and O–H groups in total. The van der Waals surface area contributed by atoms with Gasteiger partial charge in [-0.05, 0) is 6.07 Å². The number of hydrogen-bond donors (Lipinski definition) is 2. The first kappa shape index (κ1) is 12.2. The van der Waals surface area contributed by atoms with Crippen LogP contribution in [-0.4, -0.2) is 35.4 Å². The fourth-order valence-corrected chi connectivity index (χ4v) is 1.96. The van der Waals surface area contributed by atoms with Crippen LogP contribution in [0.4, 0.5) is 11.9 Å². The molecular formula is C9H10N6O2S. The van der Waals surface area contributed by atoms with Gasteiger partial charge in [0.05, 0.1) is 12.4 Å². The standard InChI is InChI=1S/C9H10N6O2S/c1-10-8-13-5-7(6-14-8)18(16,17)15-9-11-3-2-4-12-9/h2-6H,1H3,(H,10,13,14)(H,11,12,15). The van der Waals surface area contributed by atoms with Crippen LogP contribution in [0.1, 0.15) is 0 Å². The van der Waals surface area contributed by atoms with Crippen molar-refractivity contribution in [1.29, 1.82) is 0 Å². The second-order valence-corrected chi connectivity index (χ2v) is 4.85. The molecule has 18 heavy (non-hydrogen) atoms. The molecule has 8 nitrogen and oxygen atoms in total. The predicted molar refractivity (Wildman–Crippen MR) is 64.4 cm³/mol. The fourth-order valence-electron chi connectivity index (χ4n) is 1.11. The molecule has 0 bridgehead atoms. The van der Waals surface area contributed by atoms with E-state index in [-0.39, 0.29) is 10.8 Å². The van der Waals surface area contributed by atoms with Crippen molar-refractivity contribution in [3.05, 3.63) is 30.9 Å². The number of rotatable bonds is 4. The van der Waals surface area contributed by atoms with Crippen molar-refractivity contribution in [3.63, 3.8) is 0 Å². The summed E-state index contributed by atoms with van der Waals surface area (Å²) in [5.74, 6) is 0.333. The summed E-state index contributed by atoms with van der Waals surface area (Å²) < 4.78 is 26.0. The maximum Gasteiger partial charge on any atom is 0.267 e. The molecule has 0 atom stereocenters. The third kappa shape index (κ3) is 2.69. The van der Waals surface area contributed by atoms with Crippen LogP contribution in [0.15, 0.2) is 35.7 Å². The molecule has 0 saturated heterocycles. The molecule has 9 heteroatoms. The molecule has 2 aromatic rings. The van der Waals surface area contributed by atoms with Crippen LogP contribution >= 0.6 is 0 Å². The lowest BCUT2D eigenvalue weighted by atomic mass is 10.7. The maximum atomic E-state index is 11.9. The number of sulfonamides is 1. The van der Waals surface area contributed by atoms with E-state index >= 15 is 0 Å². The largest absolute Gasteiger partial charge is 0.357 e. The second kappa shape index (κ2) is 4.92. The zero-order valence-corrected chi connectivity index (χ0v) is 10.2. The molecule has 0 aliphatic heterocycles. The highest BCUT2D eigenvalue weighted by atomic mass is 32.2. The van der Waals surface area contributed by atoms with Crippen molar-refractivity contribution >= 4 is 21.9 Å². The minimum atomic E-state index is -3.77. The van der Waals surface area contributed by atoms with Crippen LogP contribution in [0.25, 0.3) is 0 Å². The van der Waals surface area contributed by atoms with E-state index in [2.05, 4.69) is 30.0 Å². The van der Waals surface area contributed by atoms with Crippen molar-refractivity contribution in [2.75, 3.05) is 17.1 Å². The van der Waals surface area contributed by atoms with Crippen LogP contribution in [0.2, 0.25) is 0 Å². The Morgan fingerprint density at radius 3 is 2.17 bits per heavy atom. The highest BCUT2D eigenvalue weighted by Gasteiger charge is 2.16. The van der Waals surface area contributed by atoms with E-state index in [0.29, 0.717) is 5.95 Å². The molecule has 0 unspecified atom stereocenters. The van der Waals surface area contributed by atoms with Crippen molar-refractivity contribution in [2.24, 2.45) is 0 Å². The van der Waals surface area contributed by atoms with Gasteiger partial charge in [-0.2, -0.15) is 0 Å². The second-order valence-electron chi connectivity index (χ2n) is 3.17. The van der Waals surface area contributed by atoms with E-state index in [0.717, 1.165) is 0 Å². The minimum absolute atomic E-state index is 0.00445. The van der Waals surface area contributed by atoms with Crippen LogP contribution in [0, 0.1) is 0 Å². The smallest absolute Gasteiger partial charge is 0.267 e. The summed E-state index contributed by atoms with van der Waals surface area (Å²) in [6, 6.07) is 1.59. The Bertz CT molecular complexity index is 613. The highest BCUT2D eigenvalue weighted by molar-refractivity contribution is 7.92. The number of aromatic nitrogens is 4. The molecular weight excluding hydrogens is 256 g/mol. The van der Waals surface area contributed by atoms with Crippen molar-refractivity contribution in [2.45, 2.75) is 4.90 Å². The van der Waals surface area contributed by atoms with Gasteiger partial charge in [0.1, 0.15) is 4.90 Å². The first-order valence-electron chi connectivity index (χ1n) is 4.91. The zero-order valence-electron chi connectivity index (χ0n) is 9.40. The Morgan fingerprint density at radius 2 is 1.61 bits per heavy atom. The fraction of sp³-hybridized carbons (Fsp3) is 0.111. The van der Waals surface area contributed by atoms with Gasteiger partial charge in [-0.3, -0.25) is 0 Å². The van der Waals surface area contributed by atoms with Gasteiger partial charge in [-0.25, -0.2) is 33.1 Å². The molecule has 0 aromatic carbocycles. The van der Waals surface area contributed by atoms with Gasteiger partial charge in [-0.1, -0.05) is 0 Å². The van der Waals surface area contributed by atoms with Crippen LogP contribution in [-0.2, 0) is 10.0 Å². The summed E-state index contributed by atoms with van der Waals surface area (Å²) in [6.45, 7) is 0. The third-order valence-electron chi connectivity index (χ3n) is 1.95. The first-order chi connectivity index (χ1) is 8.62. The van der Waals surface area contributed by atoms with Gasteiger partial charge in [-0.15, -0.1) is 0 Å². The van der Waals surface area contributed by atoms with Crippen LogP contribution < -0.4 is 10.0 Å². The van der Waals surface area contributed by atoms with Gasteiger partial charge in [0.15, 0.2) is 0 Å². The molecule has 0 spiro atoms. The molecule has 2 heterocycles. The minimum Gasteiger partial charge on any atom is -0.357 e. The highest BCUT2D eigenvalue weighted by Crippen LogP contribution is 2.11. The molecule has 0 radical (unpaired) electrons. The summed E-state index contributed by atoms with van der Waals surface area (Å²) in [5, 5.41) is 2.69. The van der Waals surface area contributed by atoms with Gasteiger partial charge in [0.25, 0.3) is 10.0 Å². The van der Waals surface area contributed by atoms with E-state index in [9.17, 15) is 8.42 Å². The maximum absolute atomic E-state index is 11.9. The molecule has 0 amide bonds. The molecule has 0 saturated carbocycles. The van der Waals surface area contributed by atoms with Crippen LogP contribution in [0.3, 0.4) is 0 Å². The number of nitrogens with zero attached hydrogens (tertiary/aromatic N) is 4. The van der Waals surface area contributed by atoms with Crippen molar-refractivity contribution < 1.29 is 8.42 Å². The lowest BCUT2D eigenvalue weighted by molar-refractivity contribution is 0.600. The van der Waals surface area contributed by atoms with E-state index in [1.807, 2.05) is 0 Å². The van der Waals surface area contributed by atoms with E-state index < -0.39 is 10.0 Å². The van der Waals surface area contributed by atoms with Crippen molar-refractivity contribution in [1.82, 2.24) is 19.9 Å². The molecule has 0 aliphatic carbocycles. The number of anilines is 2. The summed E-state index contributed by atoms with van der Waals surface area (Å²) >= 11 is 0. The average Bonchev–Trinajstić information content (AvgIpc) is 2.39. The predicted octanol–water partition coefficient (Wildman–Crippen LogP) is 0.109. The monoisotopic (exact) mass is 266 g/mol. The van der Waals surface area contributed by atoms with Gasteiger partial charge < -0.3 is 5.32 Å². The van der Waals surface area contributed by atoms with E-state index in [1.165, 1.54) is 24.8 Å². The topological polar surface area (TPSA) is 110 Å². The zero-order chi connectivity index (χ0) is 13.0. The molecule has 94 valence electrons. The van der Waals surface area contributed by atoms with Crippen molar-refractivity contribution in [3.8, 4) is 0 Å². The molecule has 0 fully saturated rings. The number of nitrogens with one attached hydrogen (secondary N) is 2. The molecule has 0 aliphatic rings.